The molecule has 0 amide bonds. The standard InChI is InChI=1S/C24H38O3Si2/c1-24(2,3)29(7,8)27-22(18-14-20-28(4,5)6)17-12-13-19-26-23(25)21-15-10-9-11-16-21/h9-13,15-16,22H,17-19H2,1-8H3/b13-12+. The lowest BCUT2D eigenvalue weighted by atomic mass is 10.2. The van der Waals surface area contributed by atoms with Crippen LogP contribution in [0.1, 0.15) is 44.0 Å². The van der Waals surface area contributed by atoms with Gasteiger partial charge in [0, 0.05) is 6.42 Å². The van der Waals surface area contributed by atoms with Gasteiger partial charge in [0.1, 0.15) is 14.7 Å². The Kier molecular flexibility index (Phi) is 9.61. The Balaban J connectivity index is 2.66. The highest BCUT2D eigenvalue weighted by Gasteiger charge is 2.38. The quantitative estimate of drug-likeness (QED) is 0.206. The van der Waals surface area contributed by atoms with Gasteiger partial charge in [-0.05, 0) is 36.7 Å². The van der Waals surface area contributed by atoms with E-state index in [1.165, 1.54) is 0 Å². The van der Waals surface area contributed by atoms with Crippen LogP contribution in [-0.2, 0) is 9.16 Å². The highest BCUT2D eigenvalue weighted by atomic mass is 28.4. The number of hydrogen-bond acceptors (Lipinski definition) is 3. The van der Waals surface area contributed by atoms with Crippen molar-refractivity contribution in [2.24, 2.45) is 0 Å². The summed E-state index contributed by atoms with van der Waals surface area (Å²) in [5, 5.41) is 0.159. The first kappa shape index (κ1) is 25.4. The minimum absolute atomic E-state index is 0.0702. The first-order chi connectivity index (χ1) is 13.3. The highest BCUT2D eigenvalue weighted by Crippen LogP contribution is 2.38. The van der Waals surface area contributed by atoms with Gasteiger partial charge in [0.25, 0.3) is 0 Å². The lowest BCUT2D eigenvalue weighted by Crippen LogP contribution is -2.43. The van der Waals surface area contributed by atoms with E-state index in [0.29, 0.717) is 5.56 Å². The fraction of sp³-hybridized carbons (Fsp3) is 0.542. The number of carbonyl (C=O) groups is 1. The number of carbonyl (C=O) groups excluding carboxylic acids is 1. The van der Waals surface area contributed by atoms with Crippen LogP contribution in [0.2, 0.25) is 37.8 Å². The topological polar surface area (TPSA) is 35.5 Å². The minimum Gasteiger partial charge on any atom is -0.458 e. The van der Waals surface area contributed by atoms with Crippen molar-refractivity contribution in [2.75, 3.05) is 6.61 Å². The van der Waals surface area contributed by atoms with E-state index >= 15 is 0 Å². The van der Waals surface area contributed by atoms with Gasteiger partial charge in [-0.3, -0.25) is 0 Å². The van der Waals surface area contributed by atoms with E-state index in [9.17, 15) is 4.79 Å². The van der Waals surface area contributed by atoms with E-state index in [1.54, 1.807) is 12.1 Å². The number of ether oxygens (including phenoxy) is 1. The van der Waals surface area contributed by atoms with Crippen molar-refractivity contribution in [1.82, 2.24) is 0 Å². The van der Waals surface area contributed by atoms with Gasteiger partial charge in [-0.2, -0.15) is 0 Å². The molecule has 1 unspecified atom stereocenters. The van der Waals surface area contributed by atoms with Crippen molar-refractivity contribution in [3.05, 3.63) is 48.0 Å². The normalized spacial score (nSPS) is 13.7. The fourth-order valence-corrected chi connectivity index (χ4v) is 4.29. The van der Waals surface area contributed by atoms with Crippen LogP contribution in [0.3, 0.4) is 0 Å². The number of hydrogen-bond donors (Lipinski definition) is 0. The molecule has 1 aromatic rings. The summed E-state index contributed by atoms with van der Waals surface area (Å²) < 4.78 is 11.9. The summed E-state index contributed by atoms with van der Waals surface area (Å²) in [6, 6.07) is 9.05. The Morgan fingerprint density at radius 2 is 1.69 bits per heavy atom. The van der Waals surface area contributed by atoms with Crippen molar-refractivity contribution in [3.63, 3.8) is 0 Å². The molecule has 0 aliphatic rings. The van der Waals surface area contributed by atoms with Gasteiger partial charge in [-0.1, -0.05) is 70.8 Å². The van der Waals surface area contributed by atoms with Gasteiger partial charge in [-0.25, -0.2) is 4.79 Å². The van der Waals surface area contributed by atoms with Crippen LogP contribution in [-0.4, -0.2) is 35.1 Å². The average Bonchev–Trinajstić information content (AvgIpc) is 2.59. The molecule has 0 aliphatic heterocycles. The molecule has 5 heteroatoms. The molecule has 0 saturated carbocycles. The molecular weight excluding hydrogens is 392 g/mol. The Bertz CT molecular complexity index is 729. The third kappa shape index (κ3) is 10.1. The highest BCUT2D eigenvalue weighted by molar-refractivity contribution is 6.83. The Hall–Kier alpha value is -1.62. The molecule has 1 rings (SSSR count). The molecule has 1 atom stereocenters. The summed E-state index contributed by atoms with van der Waals surface area (Å²) in [5.41, 5.74) is 4.01. The molecule has 0 spiro atoms. The van der Waals surface area contributed by atoms with Crippen molar-refractivity contribution < 1.29 is 14.0 Å². The smallest absolute Gasteiger partial charge is 0.338 e. The van der Waals surface area contributed by atoms with Crippen molar-refractivity contribution in [2.45, 2.75) is 77.5 Å². The fourth-order valence-electron chi connectivity index (χ4n) is 2.29. The Labute approximate surface area is 180 Å². The maximum atomic E-state index is 12.0. The van der Waals surface area contributed by atoms with E-state index in [-0.39, 0.29) is 23.7 Å². The average molecular weight is 431 g/mol. The number of esters is 1. The van der Waals surface area contributed by atoms with Crippen LogP contribution < -0.4 is 0 Å². The lowest BCUT2D eigenvalue weighted by molar-refractivity contribution is 0.0549. The van der Waals surface area contributed by atoms with Gasteiger partial charge in [-0.15, -0.1) is 11.5 Å². The second kappa shape index (κ2) is 11.0. The Morgan fingerprint density at radius 1 is 1.07 bits per heavy atom. The molecule has 29 heavy (non-hydrogen) atoms. The molecular formula is C24H38O3Si2. The van der Waals surface area contributed by atoms with Gasteiger partial charge in [0.05, 0.1) is 11.7 Å². The van der Waals surface area contributed by atoms with Crippen LogP contribution in [0.15, 0.2) is 42.5 Å². The van der Waals surface area contributed by atoms with E-state index < -0.39 is 16.4 Å². The summed E-state index contributed by atoms with van der Waals surface area (Å²) in [6.07, 6.45) is 5.53. The van der Waals surface area contributed by atoms with E-state index in [0.717, 1.165) is 12.8 Å². The SMILES string of the molecule is CC(C)(C)[Si](C)(C)OC(CC#C[Si](C)(C)C)C/C=C/COC(=O)c1ccccc1. The molecule has 0 N–H and O–H groups in total. The third-order valence-corrected chi connectivity index (χ3v) is 10.4. The monoisotopic (exact) mass is 430 g/mol. The van der Waals surface area contributed by atoms with Gasteiger partial charge >= 0.3 is 5.97 Å². The molecule has 0 radical (unpaired) electrons. The summed E-state index contributed by atoms with van der Waals surface area (Å²) in [4.78, 5) is 12.0. The van der Waals surface area contributed by atoms with E-state index in [2.05, 4.69) is 65.0 Å². The molecule has 0 aromatic heterocycles. The van der Waals surface area contributed by atoms with Crippen LogP contribution in [0.5, 0.6) is 0 Å². The van der Waals surface area contributed by atoms with Crippen molar-refractivity contribution in [3.8, 4) is 11.5 Å². The first-order valence-electron chi connectivity index (χ1n) is 10.4. The van der Waals surface area contributed by atoms with E-state index in [1.807, 2.05) is 30.4 Å². The molecule has 160 valence electrons. The van der Waals surface area contributed by atoms with E-state index in [4.69, 9.17) is 9.16 Å². The summed E-state index contributed by atoms with van der Waals surface area (Å²) in [6.45, 7) is 18.3. The van der Waals surface area contributed by atoms with Crippen molar-refractivity contribution >= 4 is 22.4 Å². The van der Waals surface area contributed by atoms with Crippen LogP contribution in [0.4, 0.5) is 0 Å². The third-order valence-electron chi connectivity index (χ3n) is 4.95. The van der Waals surface area contributed by atoms with Crippen LogP contribution >= 0.6 is 0 Å². The molecule has 0 heterocycles. The zero-order valence-corrected chi connectivity index (χ0v) is 21.5. The minimum atomic E-state index is -1.87. The lowest BCUT2D eigenvalue weighted by Gasteiger charge is -2.38. The summed E-state index contributed by atoms with van der Waals surface area (Å²) in [5.74, 6) is 3.07. The van der Waals surface area contributed by atoms with Gasteiger partial charge in [0.2, 0.25) is 0 Å². The number of rotatable bonds is 8. The largest absolute Gasteiger partial charge is 0.458 e. The maximum Gasteiger partial charge on any atom is 0.338 e. The van der Waals surface area contributed by atoms with Crippen LogP contribution in [0, 0.1) is 11.5 Å². The summed E-state index contributed by atoms with van der Waals surface area (Å²) in [7, 11) is -3.26. The second-order valence-corrected chi connectivity index (χ2v) is 19.4. The molecule has 0 saturated heterocycles. The molecule has 1 aromatic carbocycles. The Morgan fingerprint density at radius 3 is 2.24 bits per heavy atom. The molecule has 0 bridgehead atoms. The molecule has 0 fully saturated rings. The summed E-state index contributed by atoms with van der Waals surface area (Å²) >= 11 is 0. The second-order valence-electron chi connectivity index (χ2n) is 9.93. The van der Waals surface area contributed by atoms with Crippen molar-refractivity contribution in [1.29, 1.82) is 0 Å². The molecule has 3 nitrogen and oxygen atoms in total. The maximum absolute atomic E-state index is 12.0. The number of benzene rings is 1. The van der Waals surface area contributed by atoms with Gasteiger partial charge < -0.3 is 9.16 Å². The first-order valence-corrected chi connectivity index (χ1v) is 16.8. The zero-order chi connectivity index (χ0) is 22.1. The predicted octanol–water partition coefficient (Wildman–Crippen LogP) is 6.45. The van der Waals surface area contributed by atoms with Crippen LogP contribution in [0.25, 0.3) is 0 Å². The predicted molar refractivity (Wildman–Crippen MR) is 128 cm³/mol. The molecule has 0 aliphatic carbocycles. The zero-order valence-electron chi connectivity index (χ0n) is 19.5. The van der Waals surface area contributed by atoms with Gasteiger partial charge in [0.15, 0.2) is 8.32 Å².